The fourth-order valence-electron chi connectivity index (χ4n) is 1.96. The van der Waals surface area contributed by atoms with E-state index in [-0.39, 0.29) is 23.9 Å². The molecular formula is C16H23F2N3O2. The second-order valence-corrected chi connectivity index (χ2v) is 5.47. The minimum Gasteiger partial charge on any atom is -0.354 e. The number of carbonyl (C=O) groups excluding carboxylic acids is 2. The van der Waals surface area contributed by atoms with Gasteiger partial charge >= 0.3 is 6.03 Å². The van der Waals surface area contributed by atoms with E-state index in [0.29, 0.717) is 13.0 Å². The number of amides is 3. The number of benzene rings is 1. The molecule has 0 fully saturated rings. The second kappa shape index (κ2) is 9.07. The fourth-order valence-corrected chi connectivity index (χ4v) is 1.96. The van der Waals surface area contributed by atoms with Gasteiger partial charge in [0, 0.05) is 24.6 Å². The summed E-state index contributed by atoms with van der Waals surface area (Å²) in [5, 5.41) is 7.82. The first-order valence-corrected chi connectivity index (χ1v) is 7.62. The number of carbonyl (C=O) groups is 2. The molecule has 1 rings (SSSR count). The number of halogens is 2. The SMILES string of the molecule is CCC(NC(=O)NCCNC(=O)C(C)C)c1cc(F)ccc1F. The maximum Gasteiger partial charge on any atom is 0.315 e. The zero-order valence-corrected chi connectivity index (χ0v) is 13.6. The molecule has 23 heavy (non-hydrogen) atoms. The molecule has 0 aliphatic rings. The van der Waals surface area contributed by atoms with E-state index in [9.17, 15) is 18.4 Å². The Labute approximate surface area is 134 Å². The van der Waals surface area contributed by atoms with Gasteiger partial charge in [0.25, 0.3) is 0 Å². The summed E-state index contributed by atoms with van der Waals surface area (Å²) >= 11 is 0. The van der Waals surface area contributed by atoms with Crippen LogP contribution in [0.25, 0.3) is 0 Å². The van der Waals surface area contributed by atoms with Crippen LogP contribution >= 0.6 is 0 Å². The van der Waals surface area contributed by atoms with Crippen LogP contribution in [0.4, 0.5) is 13.6 Å². The molecule has 7 heteroatoms. The van der Waals surface area contributed by atoms with Gasteiger partial charge in [-0.15, -0.1) is 0 Å². The smallest absolute Gasteiger partial charge is 0.315 e. The predicted molar refractivity (Wildman–Crippen MR) is 83.8 cm³/mol. The largest absolute Gasteiger partial charge is 0.354 e. The summed E-state index contributed by atoms with van der Waals surface area (Å²) in [6.45, 7) is 5.85. The third-order valence-electron chi connectivity index (χ3n) is 3.28. The molecule has 0 bridgehead atoms. The number of nitrogens with one attached hydrogen (secondary N) is 3. The van der Waals surface area contributed by atoms with Gasteiger partial charge in [-0.1, -0.05) is 20.8 Å². The lowest BCUT2D eigenvalue weighted by Gasteiger charge is -2.19. The Bertz CT molecular complexity index is 550. The van der Waals surface area contributed by atoms with Crippen molar-refractivity contribution in [3.05, 3.63) is 35.4 Å². The molecule has 0 radical (unpaired) electrons. The van der Waals surface area contributed by atoms with Crippen LogP contribution in [0.1, 0.15) is 38.8 Å². The molecule has 128 valence electrons. The number of urea groups is 1. The van der Waals surface area contributed by atoms with E-state index in [0.717, 1.165) is 18.2 Å². The van der Waals surface area contributed by atoms with Crippen LogP contribution in [0.2, 0.25) is 0 Å². The van der Waals surface area contributed by atoms with Crippen molar-refractivity contribution in [1.29, 1.82) is 0 Å². The van der Waals surface area contributed by atoms with Crippen LogP contribution < -0.4 is 16.0 Å². The molecule has 3 amide bonds. The maximum atomic E-state index is 13.7. The topological polar surface area (TPSA) is 70.2 Å². The Morgan fingerprint density at radius 1 is 1.13 bits per heavy atom. The highest BCUT2D eigenvalue weighted by Gasteiger charge is 2.17. The first-order chi connectivity index (χ1) is 10.8. The lowest BCUT2D eigenvalue weighted by Crippen LogP contribution is -2.42. The average Bonchev–Trinajstić information content (AvgIpc) is 2.51. The zero-order chi connectivity index (χ0) is 17.4. The van der Waals surface area contributed by atoms with E-state index in [1.54, 1.807) is 20.8 Å². The first-order valence-electron chi connectivity index (χ1n) is 7.62. The molecule has 3 N–H and O–H groups in total. The van der Waals surface area contributed by atoms with Crippen LogP contribution in [-0.4, -0.2) is 25.0 Å². The van der Waals surface area contributed by atoms with Crippen LogP contribution in [-0.2, 0) is 4.79 Å². The maximum absolute atomic E-state index is 13.7. The molecule has 5 nitrogen and oxygen atoms in total. The molecule has 1 aromatic carbocycles. The third-order valence-corrected chi connectivity index (χ3v) is 3.28. The number of hydrogen-bond donors (Lipinski definition) is 3. The van der Waals surface area contributed by atoms with Crippen LogP contribution in [0, 0.1) is 17.6 Å². The highest BCUT2D eigenvalue weighted by Crippen LogP contribution is 2.20. The van der Waals surface area contributed by atoms with Crippen molar-refractivity contribution in [2.45, 2.75) is 33.2 Å². The van der Waals surface area contributed by atoms with Gasteiger partial charge in [-0.2, -0.15) is 0 Å². The van der Waals surface area contributed by atoms with Crippen LogP contribution in [0.3, 0.4) is 0 Å². The van der Waals surface area contributed by atoms with Crippen molar-refractivity contribution in [2.24, 2.45) is 5.92 Å². The summed E-state index contributed by atoms with van der Waals surface area (Å²) in [7, 11) is 0. The molecule has 0 spiro atoms. The highest BCUT2D eigenvalue weighted by atomic mass is 19.1. The fraction of sp³-hybridized carbons (Fsp3) is 0.500. The molecule has 0 heterocycles. The van der Waals surface area contributed by atoms with Gasteiger partial charge in [0.15, 0.2) is 0 Å². The molecule has 1 unspecified atom stereocenters. The van der Waals surface area contributed by atoms with Crippen molar-refractivity contribution in [3.8, 4) is 0 Å². The Kier molecular flexibility index (Phi) is 7.44. The summed E-state index contributed by atoms with van der Waals surface area (Å²) < 4.78 is 27.0. The van der Waals surface area contributed by atoms with Crippen molar-refractivity contribution >= 4 is 11.9 Å². The molecule has 0 aromatic heterocycles. The van der Waals surface area contributed by atoms with Crippen molar-refractivity contribution in [3.63, 3.8) is 0 Å². The standard InChI is InChI=1S/C16H23F2N3O2/c1-4-14(12-9-11(17)5-6-13(12)18)21-16(23)20-8-7-19-15(22)10(2)3/h5-6,9-10,14H,4,7-8H2,1-3H3,(H,19,22)(H2,20,21,23). The van der Waals surface area contributed by atoms with Gasteiger partial charge in [-0.25, -0.2) is 13.6 Å². The summed E-state index contributed by atoms with van der Waals surface area (Å²) in [5.41, 5.74) is 0.107. The normalized spacial score (nSPS) is 11.9. The Morgan fingerprint density at radius 3 is 2.39 bits per heavy atom. The van der Waals surface area contributed by atoms with Crippen molar-refractivity contribution < 1.29 is 18.4 Å². The minimum atomic E-state index is -0.629. The van der Waals surface area contributed by atoms with Gasteiger partial charge < -0.3 is 16.0 Å². The van der Waals surface area contributed by atoms with Crippen molar-refractivity contribution in [1.82, 2.24) is 16.0 Å². The Balaban J connectivity index is 2.48. The molecule has 1 atom stereocenters. The molecular weight excluding hydrogens is 304 g/mol. The van der Waals surface area contributed by atoms with Crippen LogP contribution in [0.15, 0.2) is 18.2 Å². The van der Waals surface area contributed by atoms with Crippen LogP contribution in [0.5, 0.6) is 0 Å². The minimum absolute atomic E-state index is 0.0968. The summed E-state index contributed by atoms with van der Waals surface area (Å²) in [5.74, 6) is -1.34. The van der Waals surface area contributed by atoms with Gasteiger partial charge in [-0.05, 0) is 24.6 Å². The van der Waals surface area contributed by atoms with Gasteiger partial charge in [0.2, 0.25) is 5.91 Å². The highest BCUT2D eigenvalue weighted by molar-refractivity contribution is 5.78. The van der Waals surface area contributed by atoms with E-state index in [4.69, 9.17) is 0 Å². The lowest BCUT2D eigenvalue weighted by molar-refractivity contribution is -0.123. The molecule has 0 saturated heterocycles. The first kappa shape index (κ1) is 18.9. The average molecular weight is 327 g/mol. The second-order valence-electron chi connectivity index (χ2n) is 5.47. The van der Waals surface area contributed by atoms with E-state index in [1.807, 2.05) is 0 Å². The monoisotopic (exact) mass is 327 g/mol. The number of hydrogen-bond acceptors (Lipinski definition) is 2. The summed E-state index contributed by atoms with van der Waals surface area (Å²) in [4.78, 5) is 23.2. The molecule has 0 aliphatic heterocycles. The zero-order valence-electron chi connectivity index (χ0n) is 13.6. The summed E-state index contributed by atoms with van der Waals surface area (Å²) in [6.07, 6.45) is 0.415. The quantitative estimate of drug-likeness (QED) is 0.673. The summed E-state index contributed by atoms with van der Waals surface area (Å²) in [6, 6.07) is 2.01. The van der Waals surface area contributed by atoms with E-state index < -0.39 is 23.7 Å². The van der Waals surface area contributed by atoms with E-state index in [1.165, 1.54) is 0 Å². The van der Waals surface area contributed by atoms with E-state index in [2.05, 4.69) is 16.0 Å². The molecule has 0 aliphatic carbocycles. The molecule has 1 aromatic rings. The Hall–Kier alpha value is -2.18. The van der Waals surface area contributed by atoms with Crippen molar-refractivity contribution in [2.75, 3.05) is 13.1 Å². The van der Waals surface area contributed by atoms with Gasteiger partial charge in [0.05, 0.1) is 6.04 Å². The lowest BCUT2D eigenvalue weighted by atomic mass is 10.0. The van der Waals surface area contributed by atoms with Gasteiger partial charge in [-0.3, -0.25) is 4.79 Å². The predicted octanol–water partition coefficient (Wildman–Crippen LogP) is 2.49. The Morgan fingerprint density at radius 2 is 1.78 bits per heavy atom. The molecule has 0 saturated carbocycles. The number of rotatable bonds is 7. The van der Waals surface area contributed by atoms with Gasteiger partial charge in [0.1, 0.15) is 11.6 Å². The third kappa shape index (κ3) is 6.22. The van der Waals surface area contributed by atoms with E-state index >= 15 is 0 Å².